The highest BCUT2D eigenvalue weighted by molar-refractivity contribution is 7.97. The fraction of sp³-hybridized carbons (Fsp3) is 0.0345. The predicted octanol–water partition coefficient (Wildman–Crippen LogP) is 6.83. The molecule has 0 unspecified atom stereocenters. The van der Waals surface area contributed by atoms with E-state index >= 15 is 0 Å². The molecule has 0 spiro atoms. The molecule has 5 heteroatoms. The lowest BCUT2D eigenvalue weighted by molar-refractivity contribution is 0.463. The molecule has 5 aromatic carbocycles. The van der Waals surface area contributed by atoms with Crippen LogP contribution in [0, 0.1) is 6.92 Å². The van der Waals surface area contributed by atoms with E-state index in [2.05, 4.69) is 103 Å². The average molecular weight is 485 g/mol. The van der Waals surface area contributed by atoms with Crippen LogP contribution in [0.4, 0.5) is 0 Å². The Morgan fingerprint density at radius 3 is 1.65 bits per heavy atom. The maximum atomic E-state index is 10.4. The number of benzene rings is 5. The van der Waals surface area contributed by atoms with Gasteiger partial charge in [0.2, 0.25) is 0 Å². The Balaban J connectivity index is 0.000000210. The zero-order chi connectivity index (χ0) is 24.0. The fourth-order valence-electron chi connectivity index (χ4n) is 3.58. The molecule has 0 aliphatic heterocycles. The van der Waals surface area contributed by atoms with Crippen LogP contribution in [-0.2, 0) is 21.0 Å². The van der Waals surface area contributed by atoms with Gasteiger partial charge in [-0.15, -0.1) is 0 Å². The van der Waals surface area contributed by atoms with Crippen LogP contribution < -0.4 is 0 Å². The van der Waals surface area contributed by atoms with Crippen molar-refractivity contribution in [3.63, 3.8) is 0 Å². The molecule has 0 atom stereocenters. The molecule has 0 N–H and O–H groups in total. The summed E-state index contributed by atoms with van der Waals surface area (Å²) in [6.07, 6.45) is 0. The summed E-state index contributed by atoms with van der Waals surface area (Å²) in [5.41, 5.74) is 0.928. The number of aryl methyl sites for hydroxylation is 1. The first-order valence-electron chi connectivity index (χ1n) is 10.8. The molecule has 0 saturated heterocycles. The second-order valence-corrected chi connectivity index (χ2v) is 11.1. The molecule has 0 fully saturated rings. The summed E-state index contributed by atoms with van der Waals surface area (Å²) < 4.78 is 31.2. The molecule has 0 saturated carbocycles. The van der Waals surface area contributed by atoms with Crippen molar-refractivity contribution in [1.29, 1.82) is 0 Å². The lowest BCUT2D eigenvalue weighted by Crippen LogP contribution is -2.05. The zero-order valence-corrected chi connectivity index (χ0v) is 20.3. The van der Waals surface area contributed by atoms with E-state index in [1.807, 2.05) is 6.92 Å². The largest absolute Gasteiger partial charge is 0.744 e. The monoisotopic (exact) mass is 484 g/mol. The van der Waals surface area contributed by atoms with Gasteiger partial charge in [0.25, 0.3) is 0 Å². The van der Waals surface area contributed by atoms with Crippen molar-refractivity contribution < 1.29 is 13.0 Å². The van der Waals surface area contributed by atoms with Gasteiger partial charge in [-0.3, -0.25) is 0 Å². The summed E-state index contributed by atoms with van der Waals surface area (Å²) >= 11 is 0. The average Bonchev–Trinajstić information content (AvgIpc) is 2.86. The van der Waals surface area contributed by atoms with Crippen LogP contribution in [0.2, 0.25) is 0 Å². The molecule has 0 radical (unpaired) electrons. The summed E-state index contributed by atoms with van der Waals surface area (Å²) in [6.45, 7) is 1.82. The lowest BCUT2D eigenvalue weighted by Gasteiger charge is -2.10. The van der Waals surface area contributed by atoms with Crippen LogP contribution in [0.3, 0.4) is 0 Å². The van der Waals surface area contributed by atoms with Gasteiger partial charge >= 0.3 is 0 Å². The number of rotatable bonds is 4. The van der Waals surface area contributed by atoms with Crippen LogP contribution in [0.5, 0.6) is 0 Å². The third-order valence-corrected chi connectivity index (χ3v) is 8.37. The van der Waals surface area contributed by atoms with Gasteiger partial charge in [-0.1, -0.05) is 84.4 Å². The van der Waals surface area contributed by atoms with E-state index in [1.165, 1.54) is 37.6 Å². The van der Waals surface area contributed by atoms with Crippen molar-refractivity contribution in [3.05, 3.63) is 133 Å². The van der Waals surface area contributed by atoms with Gasteiger partial charge in [0.1, 0.15) is 10.1 Å². The van der Waals surface area contributed by atoms with Gasteiger partial charge < -0.3 is 4.55 Å². The molecule has 0 aliphatic rings. The Bertz CT molecular complexity index is 1420. The summed E-state index contributed by atoms with van der Waals surface area (Å²) in [4.78, 5) is 3.92. The molecular weight excluding hydrogens is 460 g/mol. The Hall–Kier alpha value is -3.38. The number of fused-ring (bicyclic) bond motifs is 1. The van der Waals surface area contributed by atoms with Crippen molar-refractivity contribution in [2.75, 3.05) is 0 Å². The molecule has 5 aromatic rings. The fourth-order valence-corrected chi connectivity index (χ4v) is 6.31. The zero-order valence-electron chi connectivity index (χ0n) is 18.7. The number of hydrogen-bond acceptors (Lipinski definition) is 3. The quantitative estimate of drug-likeness (QED) is 0.207. The molecule has 0 heterocycles. The van der Waals surface area contributed by atoms with Crippen molar-refractivity contribution in [3.8, 4) is 0 Å². The molecule has 34 heavy (non-hydrogen) atoms. The van der Waals surface area contributed by atoms with Gasteiger partial charge in [-0.25, -0.2) is 8.42 Å². The first-order chi connectivity index (χ1) is 16.4. The van der Waals surface area contributed by atoms with Gasteiger partial charge in [0.15, 0.2) is 14.7 Å². The summed E-state index contributed by atoms with van der Waals surface area (Å²) in [5.74, 6) is 0. The highest BCUT2D eigenvalue weighted by Gasteiger charge is 2.29. The van der Waals surface area contributed by atoms with E-state index in [0.717, 1.165) is 5.56 Å². The van der Waals surface area contributed by atoms with Crippen molar-refractivity contribution in [2.45, 2.75) is 26.5 Å². The first-order valence-corrected chi connectivity index (χ1v) is 13.4. The van der Waals surface area contributed by atoms with Crippen LogP contribution in [0.1, 0.15) is 5.56 Å². The highest BCUT2D eigenvalue weighted by Crippen LogP contribution is 2.35. The first kappa shape index (κ1) is 23.8. The van der Waals surface area contributed by atoms with E-state index in [-0.39, 0.29) is 15.8 Å². The van der Waals surface area contributed by atoms with Gasteiger partial charge in [0, 0.05) is 5.39 Å². The van der Waals surface area contributed by atoms with E-state index in [4.69, 9.17) is 0 Å². The molecule has 0 amide bonds. The Morgan fingerprint density at radius 2 is 1.09 bits per heavy atom. The summed E-state index contributed by atoms with van der Waals surface area (Å²) in [6, 6.07) is 42.7. The second-order valence-electron chi connectivity index (χ2n) is 7.68. The third-order valence-electron chi connectivity index (χ3n) is 5.24. The minimum atomic E-state index is -4.27. The summed E-state index contributed by atoms with van der Waals surface area (Å²) in [5, 5.41) is 2.64. The van der Waals surface area contributed by atoms with Gasteiger partial charge in [-0.05, 0) is 60.8 Å². The maximum absolute atomic E-state index is 10.4. The molecule has 3 nitrogen and oxygen atoms in total. The molecule has 0 aliphatic carbocycles. The highest BCUT2D eigenvalue weighted by atomic mass is 32.2. The third kappa shape index (κ3) is 5.75. The predicted molar refractivity (Wildman–Crippen MR) is 138 cm³/mol. The maximum Gasteiger partial charge on any atom is 0.174 e. The Morgan fingerprint density at radius 1 is 0.588 bits per heavy atom. The van der Waals surface area contributed by atoms with Crippen molar-refractivity contribution in [1.82, 2.24) is 0 Å². The van der Waals surface area contributed by atoms with Crippen molar-refractivity contribution >= 4 is 31.8 Å². The molecule has 170 valence electrons. The normalized spacial score (nSPS) is 11.1. The van der Waals surface area contributed by atoms with E-state index < -0.39 is 10.1 Å². The van der Waals surface area contributed by atoms with Crippen LogP contribution >= 0.6 is 0 Å². The molecular formula is C29H24O3S2. The minimum absolute atomic E-state index is 0.0892. The van der Waals surface area contributed by atoms with E-state index in [1.54, 1.807) is 12.1 Å². The SMILES string of the molecule is Cc1ccc(S(=O)(=O)[O-])cc1.c1ccc([S+](c2ccccc2)c2cccc3ccccc23)cc1. The topological polar surface area (TPSA) is 57.2 Å². The van der Waals surface area contributed by atoms with Crippen LogP contribution in [0.25, 0.3) is 10.8 Å². The van der Waals surface area contributed by atoms with Gasteiger partial charge in [-0.2, -0.15) is 0 Å². The minimum Gasteiger partial charge on any atom is -0.744 e. The lowest BCUT2D eigenvalue weighted by atomic mass is 10.1. The van der Waals surface area contributed by atoms with Gasteiger partial charge in [0.05, 0.1) is 15.8 Å². The van der Waals surface area contributed by atoms with E-state index in [0.29, 0.717) is 0 Å². The smallest absolute Gasteiger partial charge is 0.174 e. The Kier molecular flexibility index (Phi) is 7.48. The standard InChI is InChI=1S/C22H17S.C7H8O3S/c1-3-12-19(13-4-1)23(20-14-5-2-6-15-20)22-17-9-11-18-10-7-8-16-21(18)22;1-6-2-4-7(5-3-6)11(8,9)10/h1-17H;2-5H,1H3,(H,8,9,10)/q+1;/p-1. The van der Waals surface area contributed by atoms with E-state index in [9.17, 15) is 13.0 Å². The van der Waals surface area contributed by atoms with Crippen LogP contribution in [-0.4, -0.2) is 13.0 Å². The van der Waals surface area contributed by atoms with Crippen molar-refractivity contribution in [2.24, 2.45) is 0 Å². The number of hydrogen-bond donors (Lipinski definition) is 0. The second kappa shape index (κ2) is 10.7. The Labute approximate surface area is 203 Å². The molecule has 0 bridgehead atoms. The summed E-state index contributed by atoms with van der Waals surface area (Å²) in [7, 11) is -4.36. The van der Waals surface area contributed by atoms with Crippen LogP contribution in [0.15, 0.2) is 147 Å². The molecule has 0 aromatic heterocycles. The molecule has 5 rings (SSSR count).